The van der Waals surface area contributed by atoms with Crippen molar-refractivity contribution in [1.29, 1.82) is 0 Å². The second kappa shape index (κ2) is 20.7. The van der Waals surface area contributed by atoms with Gasteiger partial charge in [-0.1, -0.05) is 161 Å². The summed E-state index contributed by atoms with van der Waals surface area (Å²) in [5.41, 5.74) is 8.10. The molecule has 0 amide bonds. The van der Waals surface area contributed by atoms with E-state index in [1.54, 1.807) is 12.1 Å². The molecule has 2 aromatic carbocycles. The fourth-order valence-electron chi connectivity index (χ4n) is 4.92. The number of hydrogen-bond acceptors (Lipinski definition) is 4. The van der Waals surface area contributed by atoms with Gasteiger partial charge < -0.3 is 15.9 Å². The van der Waals surface area contributed by atoms with E-state index in [1.165, 1.54) is 87.1 Å². The van der Waals surface area contributed by atoms with Crippen LogP contribution in [0.4, 0.5) is 0 Å². The van der Waals surface area contributed by atoms with Crippen LogP contribution in [-0.4, -0.2) is 6.04 Å². The third kappa shape index (κ3) is 14.7. The van der Waals surface area contributed by atoms with Crippen LogP contribution in [0.3, 0.4) is 0 Å². The van der Waals surface area contributed by atoms with Crippen molar-refractivity contribution in [3.63, 3.8) is 0 Å². The Morgan fingerprint density at radius 2 is 1.05 bits per heavy atom. The quantitative estimate of drug-likeness (QED) is 0.140. The SMILES string of the molecule is CCCCCC(C)(C)c1ccc([O-])c(Sc2cc(C(C)(C)CCCCC)ccc2[O-])c1.CCCCCC(N)CC.[Ni+2]. The molecular weight excluding hydrogens is 569 g/mol. The Bertz CT molecular complexity index is 907. The van der Waals surface area contributed by atoms with Crippen LogP contribution in [0.5, 0.6) is 11.5 Å². The molecule has 0 aliphatic heterocycles. The van der Waals surface area contributed by atoms with Gasteiger partial charge >= 0.3 is 16.5 Å². The van der Waals surface area contributed by atoms with Gasteiger partial charge in [-0.25, -0.2) is 0 Å². The zero-order valence-electron chi connectivity index (χ0n) is 27.4. The smallest absolute Gasteiger partial charge is 0.872 e. The minimum Gasteiger partial charge on any atom is -0.872 e. The molecule has 0 aliphatic rings. The number of hydrogen-bond donors (Lipinski definition) is 1. The zero-order valence-corrected chi connectivity index (χ0v) is 29.2. The fraction of sp³-hybridized carbons (Fsp3) is 0.667. The van der Waals surface area contributed by atoms with Crippen LogP contribution in [0.15, 0.2) is 46.2 Å². The summed E-state index contributed by atoms with van der Waals surface area (Å²) in [4.78, 5) is 1.30. The van der Waals surface area contributed by atoms with Crippen LogP contribution in [-0.2, 0) is 27.3 Å². The van der Waals surface area contributed by atoms with Crippen LogP contribution >= 0.6 is 11.8 Å². The average Bonchev–Trinajstić information content (AvgIpc) is 2.91. The van der Waals surface area contributed by atoms with E-state index < -0.39 is 0 Å². The molecule has 1 unspecified atom stereocenters. The van der Waals surface area contributed by atoms with Gasteiger partial charge in [-0.05, 0) is 59.8 Å². The molecule has 3 nitrogen and oxygen atoms in total. The van der Waals surface area contributed by atoms with E-state index in [2.05, 4.69) is 55.4 Å². The zero-order chi connectivity index (χ0) is 30.2. The van der Waals surface area contributed by atoms with Crippen LogP contribution < -0.4 is 15.9 Å². The predicted molar refractivity (Wildman–Crippen MR) is 173 cm³/mol. The molecule has 2 rings (SSSR count). The van der Waals surface area contributed by atoms with Gasteiger partial charge in [-0.15, -0.1) is 0 Å². The van der Waals surface area contributed by atoms with Gasteiger partial charge in [-0.2, -0.15) is 0 Å². The fourth-order valence-corrected chi connectivity index (χ4v) is 5.87. The van der Waals surface area contributed by atoms with Crippen molar-refractivity contribution in [3.8, 4) is 11.5 Å². The molecule has 0 bridgehead atoms. The summed E-state index contributed by atoms with van der Waals surface area (Å²) in [6.45, 7) is 17.8. The Morgan fingerprint density at radius 1 is 0.659 bits per heavy atom. The number of rotatable bonds is 17. The molecule has 236 valence electrons. The molecule has 41 heavy (non-hydrogen) atoms. The van der Waals surface area contributed by atoms with Crippen molar-refractivity contribution in [3.05, 3.63) is 47.5 Å². The molecule has 0 aliphatic carbocycles. The van der Waals surface area contributed by atoms with Crippen LogP contribution in [0.1, 0.15) is 150 Å². The summed E-state index contributed by atoms with van der Waals surface area (Å²) in [6.07, 6.45) is 15.7. The minimum atomic E-state index is -0.00915. The molecule has 0 saturated carbocycles. The first kappa shape index (κ1) is 39.8. The maximum atomic E-state index is 12.6. The van der Waals surface area contributed by atoms with E-state index >= 15 is 0 Å². The van der Waals surface area contributed by atoms with Crippen LogP contribution in [0, 0.1) is 0 Å². The minimum absolute atomic E-state index is 0. The average molecular weight is 629 g/mol. The summed E-state index contributed by atoms with van der Waals surface area (Å²) >= 11 is 1.33. The molecule has 2 N–H and O–H groups in total. The third-order valence-corrected chi connectivity index (χ3v) is 9.26. The first-order valence-corrected chi connectivity index (χ1v) is 16.8. The van der Waals surface area contributed by atoms with Crippen molar-refractivity contribution in [2.45, 2.75) is 166 Å². The molecular formula is C36H59NNiO2S. The summed E-state index contributed by atoms with van der Waals surface area (Å²) < 4.78 is 0. The molecule has 0 heterocycles. The number of unbranched alkanes of at least 4 members (excludes halogenated alkanes) is 6. The van der Waals surface area contributed by atoms with Crippen LogP contribution in [0.2, 0.25) is 0 Å². The maximum Gasteiger partial charge on any atom is 2.00 e. The second-order valence-electron chi connectivity index (χ2n) is 12.8. The summed E-state index contributed by atoms with van der Waals surface area (Å²) in [7, 11) is 0. The number of nitrogens with two attached hydrogens (primary N) is 1. The first-order valence-electron chi connectivity index (χ1n) is 16.0. The van der Waals surface area contributed by atoms with Gasteiger partial charge in [0.2, 0.25) is 0 Å². The Kier molecular flexibility index (Phi) is 20.1. The van der Waals surface area contributed by atoms with Gasteiger partial charge in [0.25, 0.3) is 0 Å². The van der Waals surface area contributed by atoms with E-state index in [9.17, 15) is 10.2 Å². The van der Waals surface area contributed by atoms with Gasteiger partial charge in [0.05, 0.1) is 0 Å². The van der Waals surface area contributed by atoms with Gasteiger partial charge in [0.15, 0.2) is 0 Å². The molecule has 0 saturated heterocycles. The Hall–Kier alpha value is -1.16. The van der Waals surface area contributed by atoms with Crippen molar-refractivity contribution < 1.29 is 26.7 Å². The van der Waals surface area contributed by atoms with E-state index in [0.29, 0.717) is 15.8 Å². The largest absolute Gasteiger partial charge is 2.00 e. The Morgan fingerprint density at radius 3 is 1.41 bits per heavy atom. The van der Waals surface area contributed by atoms with Gasteiger partial charge in [0, 0.05) is 15.8 Å². The molecule has 0 aromatic heterocycles. The Labute approximate surface area is 267 Å². The summed E-state index contributed by atoms with van der Waals surface area (Å²) in [5, 5.41) is 25.2. The monoisotopic (exact) mass is 627 g/mol. The summed E-state index contributed by atoms with van der Waals surface area (Å²) in [6, 6.07) is 11.7. The Balaban J connectivity index is 0.00000138. The molecule has 0 fully saturated rings. The molecule has 2 aromatic rings. The van der Waals surface area contributed by atoms with Crippen molar-refractivity contribution in [2.75, 3.05) is 0 Å². The molecule has 0 spiro atoms. The predicted octanol–water partition coefficient (Wildman–Crippen LogP) is 10.0. The standard InChI is InChI=1S/C28H42O2S.C8H19N.Ni/c1-7-9-11-17-27(3,4)21-13-15-23(29)25(19-21)31-26-20-22(14-16-24(26)30)28(5,6)18-12-10-8-2;1-3-5-6-7-8(9)4-2;/h13-16,19-20,29-30H,7-12,17-18H2,1-6H3;8H,3-7,9H2,1-2H3;/q;;+2/p-2. The number of benzene rings is 2. The van der Waals surface area contributed by atoms with E-state index in [4.69, 9.17) is 5.73 Å². The molecule has 5 heteroatoms. The maximum absolute atomic E-state index is 12.6. The second-order valence-corrected chi connectivity index (χ2v) is 13.9. The van der Waals surface area contributed by atoms with E-state index in [-0.39, 0.29) is 38.8 Å². The van der Waals surface area contributed by atoms with Crippen molar-refractivity contribution in [2.24, 2.45) is 5.73 Å². The molecule has 0 radical (unpaired) electrons. The van der Waals surface area contributed by atoms with E-state index in [1.807, 2.05) is 24.3 Å². The van der Waals surface area contributed by atoms with Gasteiger partial charge in [-0.3, -0.25) is 0 Å². The van der Waals surface area contributed by atoms with Crippen LogP contribution in [0.25, 0.3) is 0 Å². The topological polar surface area (TPSA) is 72.1 Å². The third-order valence-electron chi connectivity index (χ3n) is 8.18. The first-order chi connectivity index (χ1) is 18.9. The summed E-state index contributed by atoms with van der Waals surface area (Å²) in [5.74, 6) is -0.0183. The normalized spacial score (nSPS) is 12.3. The van der Waals surface area contributed by atoms with Crippen molar-refractivity contribution >= 4 is 11.8 Å². The van der Waals surface area contributed by atoms with E-state index in [0.717, 1.165) is 19.3 Å². The van der Waals surface area contributed by atoms with Gasteiger partial charge in [0.1, 0.15) is 0 Å². The molecule has 1 atom stereocenters. The van der Waals surface area contributed by atoms with Crippen molar-refractivity contribution in [1.82, 2.24) is 0 Å².